The summed E-state index contributed by atoms with van der Waals surface area (Å²) >= 11 is 0. The number of amides is 3. The molecule has 2 aromatic carbocycles. The van der Waals surface area contributed by atoms with Crippen molar-refractivity contribution in [3.63, 3.8) is 0 Å². The van der Waals surface area contributed by atoms with Crippen molar-refractivity contribution in [2.75, 3.05) is 16.3 Å². The fraction of sp³-hybridized carbons (Fsp3) is 0.304. The summed E-state index contributed by atoms with van der Waals surface area (Å²) in [5.74, 6) is -1.30. The van der Waals surface area contributed by atoms with Crippen LogP contribution in [0.1, 0.15) is 30.4 Å². The van der Waals surface area contributed by atoms with E-state index in [9.17, 15) is 19.2 Å². The number of carbonyl (C=O) groups excluding carboxylic acids is 4. The van der Waals surface area contributed by atoms with Gasteiger partial charge in [-0.25, -0.2) is 0 Å². The molecule has 0 N–H and O–H groups in total. The van der Waals surface area contributed by atoms with Crippen LogP contribution in [0.4, 0.5) is 11.4 Å². The Labute approximate surface area is 174 Å². The van der Waals surface area contributed by atoms with Crippen LogP contribution in [-0.2, 0) is 19.2 Å². The van der Waals surface area contributed by atoms with Crippen molar-refractivity contribution < 1.29 is 23.9 Å². The van der Waals surface area contributed by atoms with Crippen molar-refractivity contribution in [3.05, 3.63) is 53.6 Å². The monoisotopic (exact) mass is 406 g/mol. The van der Waals surface area contributed by atoms with E-state index in [4.69, 9.17) is 4.74 Å². The van der Waals surface area contributed by atoms with Crippen molar-refractivity contribution in [2.45, 2.75) is 33.1 Å². The number of rotatable bonds is 4. The van der Waals surface area contributed by atoms with Gasteiger partial charge < -0.3 is 9.64 Å². The van der Waals surface area contributed by atoms with Gasteiger partial charge in [-0.2, -0.15) is 0 Å². The van der Waals surface area contributed by atoms with Gasteiger partial charge in [0.2, 0.25) is 17.7 Å². The summed E-state index contributed by atoms with van der Waals surface area (Å²) in [6.45, 7) is 4.21. The summed E-state index contributed by atoms with van der Waals surface area (Å²) in [7, 11) is 0. The zero-order chi connectivity index (χ0) is 21.4. The minimum Gasteiger partial charge on any atom is -0.426 e. The molecular formula is C23H22N2O5. The van der Waals surface area contributed by atoms with E-state index >= 15 is 0 Å². The third-order valence-electron chi connectivity index (χ3n) is 5.34. The molecule has 0 radical (unpaired) electrons. The molecular weight excluding hydrogens is 384 g/mol. The maximum atomic E-state index is 12.6. The average molecular weight is 406 g/mol. The smallest absolute Gasteiger partial charge is 0.316 e. The summed E-state index contributed by atoms with van der Waals surface area (Å²) in [6.07, 6.45) is 0.519. The number of hydrogen-bond acceptors (Lipinski definition) is 5. The van der Waals surface area contributed by atoms with Gasteiger partial charge >= 0.3 is 5.97 Å². The number of nitrogens with zero attached hydrogens (tertiary/aromatic N) is 2. The predicted octanol–water partition coefficient (Wildman–Crippen LogP) is 2.92. The number of imide groups is 1. The van der Waals surface area contributed by atoms with Crippen molar-refractivity contribution in [3.8, 4) is 5.75 Å². The lowest BCUT2D eigenvalue weighted by Crippen LogP contribution is -2.28. The van der Waals surface area contributed by atoms with Crippen LogP contribution in [0.3, 0.4) is 0 Å². The Morgan fingerprint density at radius 3 is 2.07 bits per heavy atom. The molecule has 4 rings (SSSR count). The summed E-state index contributed by atoms with van der Waals surface area (Å²) in [5, 5.41) is 0. The number of ether oxygens (including phenoxy) is 1. The second-order valence-corrected chi connectivity index (χ2v) is 7.79. The second kappa shape index (κ2) is 7.74. The van der Waals surface area contributed by atoms with E-state index in [0.29, 0.717) is 11.4 Å². The fourth-order valence-corrected chi connectivity index (χ4v) is 3.95. The maximum absolute atomic E-state index is 12.6. The fourth-order valence-electron chi connectivity index (χ4n) is 3.95. The molecule has 1 atom stereocenters. The molecule has 2 aromatic rings. The Bertz CT molecular complexity index is 1010. The third-order valence-corrected chi connectivity index (χ3v) is 5.34. The molecule has 0 bridgehead atoms. The molecule has 2 heterocycles. The van der Waals surface area contributed by atoms with E-state index in [0.717, 1.165) is 21.7 Å². The number of anilines is 2. The van der Waals surface area contributed by atoms with Gasteiger partial charge in [0.1, 0.15) is 5.75 Å². The largest absolute Gasteiger partial charge is 0.426 e. The number of hydrogen-bond donors (Lipinski definition) is 0. The summed E-state index contributed by atoms with van der Waals surface area (Å²) < 4.78 is 5.44. The quantitative estimate of drug-likeness (QED) is 0.443. The van der Waals surface area contributed by atoms with Crippen molar-refractivity contribution in [2.24, 2.45) is 5.92 Å². The molecule has 3 amide bonds. The van der Waals surface area contributed by atoms with Crippen LogP contribution in [0.2, 0.25) is 0 Å². The standard InChI is InChI=1S/C23H22N2O5/c1-14-9-15(2)11-18(10-14)24-13-16(12-22(24)28)23(29)30-19-5-3-17(4-6-19)25-20(26)7-8-21(25)27/h3-6,9-11,16H,7-8,12-13H2,1-2H3/t16-/m1/s1. The number of carbonyl (C=O) groups is 4. The minimum absolute atomic E-state index is 0.0979. The van der Waals surface area contributed by atoms with E-state index in [2.05, 4.69) is 0 Å². The molecule has 0 spiro atoms. The normalized spacial score (nSPS) is 19.0. The van der Waals surface area contributed by atoms with E-state index < -0.39 is 11.9 Å². The third kappa shape index (κ3) is 3.83. The molecule has 0 aromatic heterocycles. The second-order valence-electron chi connectivity index (χ2n) is 7.79. The Morgan fingerprint density at radius 1 is 0.867 bits per heavy atom. The molecule has 0 saturated carbocycles. The molecule has 2 aliphatic rings. The maximum Gasteiger partial charge on any atom is 0.316 e. The molecule has 7 nitrogen and oxygen atoms in total. The van der Waals surface area contributed by atoms with Crippen LogP contribution in [0, 0.1) is 19.8 Å². The van der Waals surface area contributed by atoms with Crippen LogP contribution in [0.25, 0.3) is 0 Å². The van der Waals surface area contributed by atoms with Gasteiger partial charge in [0.25, 0.3) is 0 Å². The molecule has 30 heavy (non-hydrogen) atoms. The molecule has 0 aliphatic carbocycles. The van der Waals surface area contributed by atoms with Crippen LogP contribution in [0.5, 0.6) is 5.75 Å². The molecule has 0 unspecified atom stereocenters. The van der Waals surface area contributed by atoms with Crippen LogP contribution < -0.4 is 14.5 Å². The van der Waals surface area contributed by atoms with Gasteiger partial charge in [0.15, 0.2) is 0 Å². The highest BCUT2D eigenvalue weighted by Gasteiger charge is 2.36. The van der Waals surface area contributed by atoms with Crippen molar-refractivity contribution in [1.82, 2.24) is 0 Å². The SMILES string of the molecule is Cc1cc(C)cc(N2C[C@H](C(=O)Oc3ccc(N4C(=O)CCC4=O)cc3)CC2=O)c1. The first-order valence-electron chi connectivity index (χ1n) is 9.88. The van der Waals surface area contributed by atoms with Gasteiger partial charge in [-0.05, 0) is 61.4 Å². The summed E-state index contributed by atoms with van der Waals surface area (Å²) in [4.78, 5) is 51.5. The van der Waals surface area contributed by atoms with Gasteiger partial charge in [-0.15, -0.1) is 0 Å². The van der Waals surface area contributed by atoms with E-state index in [1.165, 1.54) is 0 Å². The Kier molecular flexibility index (Phi) is 5.11. The highest BCUT2D eigenvalue weighted by atomic mass is 16.5. The Morgan fingerprint density at radius 2 is 1.47 bits per heavy atom. The highest BCUT2D eigenvalue weighted by Crippen LogP contribution is 2.29. The van der Waals surface area contributed by atoms with Gasteiger partial charge in [-0.3, -0.25) is 24.1 Å². The first-order valence-corrected chi connectivity index (χ1v) is 9.88. The van der Waals surface area contributed by atoms with Crippen LogP contribution >= 0.6 is 0 Å². The Balaban J connectivity index is 1.42. The number of benzene rings is 2. The van der Waals surface area contributed by atoms with Gasteiger partial charge in [-0.1, -0.05) is 6.07 Å². The lowest BCUT2D eigenvalue weighted by atomic mass is 10.1. The topological polar surface area (TPSA) is 84.0 Å². The number of aryl methyl sites for hydroxylation is 2. The molecule has 7 heteroatoms. The van der Waals surface area contributed by atoms with Crippen molar-refractivity contribution >= 4 is 35.1 Å². The Hall–Kier alpha value is -3.48. The summed E-state index contributed by atoms with van der Waals surface area (Å²) in [6, 6.07) is 12.1. The molecule has 2 fully saturated rings. The predicted molar refractivity (Wildman–Crippen MR) is 110 cm³/mol. The average Bonchev–Trinajstić information content (AvgIpc) is 3.24. The number of esters is 1. The first-order chi connectivity index (χ1) is 14.3. The van der Waals surface area contributed by atoms with Crippen LogP contribution in [0.15, 0.2) is 42.5 Å². The lowest BCUT2D eigenvalue weighted by molar-refractivity contribution is -0.139. The highest BCUT2D eigenvalue weighted by molar-refractivity contribution is 6.19. The van der Waals surface area contributed by atoms with E-state index in [-0.39, 0.29) is 43.5 Å². The lowest BCUT2D eigenvalue weighted by Gasteiger charge is -2.18. The van der Waals surface area contributed by atoms with E-state index in [1.807, 2.05) is 32.0 Å². The van der Waals surface area contributed by atoms with Crippen LogP contribution in [-0.4, -0.2) is 30.2 Å². The van der Waals surface area contributed by atoms with Gasteiger partial charge in [0, 0.05) is 31.5 Å². The zero-order valence-electron chi connectivity index (χ0n) is 16.9. The van der Waals surface area contributed by atoms with Crippen molar-refractivity contribution in [1.29, 1.82) is 0 Å². The molecule has 2 aliphatic heterocycles. The first kappa shape index (κ1) is 19.8. The zero-order valence-corrected chi connectivity index (χ0v) is 16.9. The molecule has 154 valence electrons. The van der Waals surface area contributed by atoms with E-state index in [1.54, 1.807) is 29.2 Å². The molecule has 2 saturated heterocycles. The minimum atomic E-state index is -0.556. The van der Waals surface area contributed by atoms with Gasteiger partial charge in [0.05, 0.1) is 11.6 Å². The summed E-state index contributed by atoms with van der Waals surface area (Å²) in [5.41, 5.74) is 3.36.